The lowest BCUT2D eigenvalue weighted by molar-refractivity contribution is -0.139. The van der Waals surface area contributed by atoms with Crippen LogP contribution in [0.3, 0.4) is 0 Å². The minimum atomic E-state index is -4.17. The quantitative estimate of drug-likeness (QED) is 0.348. The summed E-state index contributed by atoms with van der Waals surface area (Å²) in [5, 5.41) is 3.02. The smallest absolute Gasteiger partial charge is 0.264 e. The lowest BCUT2D eigenvalue weighted by Crippen LogP contribution is -2.52. The van der Waals surface area contributed by atoms with Crippen LogP contribution in [0.15, 0.2) is 71.6 Å². The van der Waals surface area contributed by atoms with Gasteiger partial charge in [0.2, 0.25) is 11.8 Å². The summed E-state index contributed by atoms with van der Waals surface area (Å²) in [6.45, 7) is 6.41. The molecule has 0 radical (unpaired) electrons. The second-order valence-electron chi connectivity index (χ2n) is 10.9. The van der Waals surface area contributed by atoms with Crippen LogP contribution in [0.2, 0.25) is 0 Å². The third-order valence-electron chi connectivity index (χ3n) is 7.68. The molecule has 1 aliphatic rings. The minimum Gasteiger partial charge on any atom is -0.352 e. The molecule has 3 aromatic carbocycles. The molecule has 1 unspecified atom stereocenters. The predicted octanol–water partition coefficient (Wildman–Crippen LogP) is 5.42. The van der Waals surface area contributed by atoms with Crippen LogP contribution >= 0.6 is 0 Å². The average molecular weight is 580 g/mol. The van der Waals surface area contributed by atoms with Crippen molar-refractivity contribution < 1.29 is 22.4 Å². The number of halogens is 1. The number of nitrogens with one attached hydrogen (secondary N) is 1. The van der Waals surface area contributed by atoms with Gasteiger partial charge in [-0.05, 0) is 70.4 Å². The Morgan fingerprint density at radius 3 is 2.22 bits per heavy atom. The van der Waals surface area contributed by atoms with Crippen LogP contribution in [-0.4, -0.2) is 43.8 Å². The summed E-state index contributed by atoms with van der Waals surface area (Å²) in [7, 11) is -4.17. The van der Waals surface area contributed by atoms with E-state index in [4.69, 9.17) is 0 Å². The Labute approximate surface area is 242 Å². The minimum absolute atomic E-state index is 0.0315. The van der Waals surface area contributed by atoms with Crippen molar-refractivity contribution in [1.82, 2.24) is 10.2 Å². The van der Waals surface area contributed by atoms with E-state index in [-0.39, 0.29) is 29.0 Å². The lowest BCUT2D eigenvalue weighted by atomic mass is 10.1. The second kappa shape index (κ2) is 12.9. The molecule has 0 spiro atoms. The first-order valence-corrected chi connectivity index (χ1v) is 15.4. The molecule has 1 atom stereocenters. The molecule has 0 heterocycles. The van der Waals surface area contributed by atoms with Crippen LogP contribution in [-0.2, 0) is 26.2 Å². The maximum atomic E-state index is 14.7. The molecule has 4 rings (SSSR count). The highest BCUT2D eigenvalue weighted by Gasteiger charge is 2.34. The molecule has 1 fully saturated rings. The Bertz CT molecular complexity index is 1500. The normalized spacial score (nSPS) is 14.5. The molecule has 41 heavy (non-hydrogen) atoms. The molecule has 1 saturated carbocycles. The summed E-state index contributed by atoms with van der Waals surface area (Å²) >= 11 is 0. The highest BCUT2D eigenvalue weighted by molar-refractivity contribution is 7.92. The summed E-state index contributed by atoms with van der Waals surface area (Å²) < 4.78 is 43.8. The van der Waals surface area contributed by atoms with Crippen molar-refractivity contribution in [3.63, 3.8) is 0 Å². The van der Waals surface area contributed by atoms with Crippen molar-refractivity contribution in [3.8, 4) is 0 Å². The van der Waals surface area contributed by atoms with Gasteiger partial charge in [-0.1, -0.05) is 66.4 Å². The second-order valence-corrected chi connectivity index (χ2v) is 12.8. The van der Waals surface area contributed by atoms with Crippen molar-refractivity contribution in [3.05, 3.63) is 94.8 Å². The summed E-state index contributed by atoms with van der Waals surface area (Å²) in [6.07, 6.45) is 3.79. The fourth-order valence-electron chi connectivity index (χ4n) is 5.22. The van der Waals surface area contributed by atoms with Crippen molar-refractivity contribution in [2.24, 2.45) is 0 Å². The Morgan fingerprint density at radius 1 is 0.951 bits per heavy atom. The zero-order chi connectivity index (χ0) is 29.7. The van der Waals surface area contributed by atoms with Gasteiger partial charge in [-0.2, -0.15) is 0 Å². The number of hydrogen-bond donors (Lipinski definition) is 1. The van der Waals surface area contributed by atoms with Crippen LogP contribution < -0.4 is 9.62 Å². The molecule has 0 saturated heterocycles. The number of carbonyl (C=O) groups is 2. The lowest BCUT2D eigenvalue weighted by Gasteiger charge is -2.33. The first-order chi connectivity index (χ1) is 19.5. The van der Waals surface area contributed by atoms with E-state index in [9.17, 15) is 22.4 Å². The fourth-order valence-corrected chi connectivity index (χ4v) is 6.70. The van der Waals surface area contributed by atoms with E-state index < -0.39 is 34.3 Å². The van der Waals surface area contributed by atoms with Crippen molar-refractivity contribution >= 4 is 27.5 Å². The maximum Gasteiger partial charge on any atom is 0.264 e. The van der Waals surface area contributed by atoms with Crippen molar-refractivity contribution in [2.45, 2.75) is 76.9 Å². The van der Waals surface area contributed by atoms with Gasteiger partial charge in [0, 0.05) is 18.2 Å². The molecule has 0 aromatic heterocycles. The van der Waals surface area contributed by atoms with Crippen LogP contribution in [0.4, 0.5) is 10.1 Å². The third-order valence-corrected chi connectivity index (χ3v) is 9.45. The maximum absolute atomic E-state index is 14.7. The molecule has 1 aliphatic carbocycles. The first kappa shape index (κ1) is 30.2. The molecule has 1 N–H and O–H groups in total. The van der Waals surface area contributed by atoms with Crippen LogP contribution in [0.5, 0.6) is 0 Å². The molecule has 7 nitrogen and oxygen atoms in total. The van der Waals surface area contributed by atoms with Crippen molar-refractivity contribution in [2.75, 3.05) is 10.8 Å². The fraction of sp³-hybridized carbons (Fsp3) is 0.375. The van der Waals surface area contributed by atoms with Gasteiger partial charge < -0.3 is 10.2 Å². The van der Waals surface area contributed by atoms with E-state index in [0.29, 0.717) is 11.3 Å². The van der Waals surface area contributed by atoms with Crippen LogP contribution in [0, 0.1) is 26.6 Å². The molecule has 218 valence electrons. The summed E-state index contributed by atoms with van der Waals surface area (Å²) in [6, 6.07) is 16.9. The van der Waals surface area contributed by atoms with E-state index in [2.05, 4.69) is 5.32 Å². The van der Waals surface area contributed by atoms with Gasteiger partial charge in [-0.25, -0.2) is 12.8 Å². The zero-order valence-corrected chi connectivity index (χ0v) is 24.9. The zero-order valence-electron chi connectivity index (χ0n) is 24.1. The number of sulfonamides is 1. The summed E-state index contributed by atoms with van der Waals surface area (Å²) in [5.41, 5.74) is 3.13. The highest BCUT2D eigenvalue weighted by atomic mass is 32.2. The van der Waals surface area contributed by atoms with E-state index >= 15 is 0 Å². The molecule has 0 aliphatic heterocycles. The van der Waals surface area contributed by atoms with Gasteiger partial charge >= 0.3 is 0 Å². The van der Waals surface area contributed by atoms with E-state index in [1.54, 1.807) is 56.3 Å². The van der Waals surface area contributed by atoms with Gasteiger partial charge in [-0.3, -0.25) is 13.9 Å². The standard InChI is InChI=1S/C32H38FN3O4S/c1-22-13-16-28(17-14-22)41(39,40)36(30-18-15-23(2)19-24(30)3)21-31(37)35(20-26-9-5-8-12-29(26)33)25(4)32(38)34-27-10-6-7-11-27/h5,8-9,12-19,25,27H,6-7,10-11,20-21H2,1-4H3,(H,34,38). The Balaban J connectivity index is 1.72. The van der Waals surface area contributed by atoms with Gasteiger partial charge in [0.1, 0.15) is 18.4 Å². The van der Waals surface area contributed by atoms with Gasteiger partial charge in [0.25, 0.3) is 10.0 Å². The number of nitrogens with zero attached hydrogens (tertiary/aromatic N) is 2. The summed E-state index contributed by atoms with van der Waals surface area (Å²) in [4.78, 5) is 28.7. The van der Waals surface area contributed by atoms with Crippen LogP contribution in [0.25, 0.3) is 0 Å². The number of anilines is 1. The molecule has 2 amide bonds. The molecular formula is C32H38FN3O4S. The topological polar surface area (TPSA) is 86.8 Å². The van der Waals surface area contributed by atoms with E-state index in [1.165, 1.54) is 23.1 Å². The van der Waals surface area contributed by atoms with E-state index in [1.807, 2.05) is 19.9 Å². The molecule has 0 bridgehead atoms. The average Bonchev–Trinajstić information content (AvgIpc) is 3.44. The molecule has 9 heteroatoms. The number of carbonyl (C=O) groups excluding carboxylic acids is 2. The summed E-state index contributed by atoms with van der Waals surface area (Å²) in [5.74, 6) is -1.47. The van der Waals surface area contributed by atoms with Gasteiger partial charge in [-0.15, -0.1) is 0 Å². The number of hydrogen-bond acceptors (Lipinski definition) is 4. The van der Waals surface area contributed by atoms with Crippen LogP contribution in [0.1, 0.15) is 54.9 Å². The SMILES string of the molecule is Cc1ccc(S(=O)(=O)N(CC(=O)N(Cc2ccccc2F)C(C)C(=O)NC2CCCC2)c2ccc(C)cc2C)cc1. The van der Waals surface area contributed by atoms with Crippen molar-refractivity contribution in [1.29, 1.82) is 0 Å². The monoisotopic (exact) mass is 579 g/mol. The third kappa shape index (κ3) is 7.14. The predicted molar refractivity (Wildman–Crippen MR) is 158 cm³/mol. The number of aryl methyl sites for hydroxylation is 3. The number of benzene rings is 3. The van der Waals surface area contributed by atoms with Gasteiger partial charge in [0.15, 0.2) is 0 Å². The molecule has 3 aromatic rings. The Hall–Kier alpha value is -3.72. The number of amides is 2. The number of rotatable bonds is 10. The van der Waals surface area contributed by atoms with E-state index in [0.717, 1.165) is 41.1 Å². The first-order valence-electron chi connectivity index (χ1n) is 14.0. The highest BCUT2D eigenvalue weighted by Crippen LogP contribution is 2.28. The van der Waals surface area contributed by atoms with Gasteiger partial charge in [0.05, 0.1) is 10.6 Å². The Morgan fingerprint density at radius 2 is 1.59 bits per heavy atom. The molecular weight excluding hydrogens is 541 g/mol. The largest absolute Gasteiger partial charge is 0.352 e. The Kier molecular flexibility index (Phi) is 9.48.